The molecule has 4 rings (SSSR count). The summed E-state index contributed by atoms with van der Waals surface area (Å²) in [4.78, 5) is 23.4. The molecule has 0 fully saturated rings. The summed E-state index contributed by atoms with van der Waals surface area (Å²) >= 11 is 0. The van der Waals surface area contributed by atoms with Gasteiger partial charge in [0.25, 0.3) is 5.91 Å². The molecule has 0 unspecified atom stereocenters. The molecule has 154 valence electrons. The van der Waals surface area contributed by atoms with E-state index in [4.69, 9.17) is 4.74 Å². The van der Waals surface area contributed by atoms with E-state index in [1.54, 1.807) is 42.8 Å². The van der Waals surface area contributed by atoms with Crippen molar-refractivity contribution in [2.45, 2.75) is 12.6 Å². The Kier molecular flexibility index (Phi) is 6.33. The molecule has 0 saturated heterocycles. The van der Waals surface area contributed by atoms with Crippen molar-refractivity contribution in [2.24, 2.45) is 0 Å². The molecule has 2 aromatic carbocycles. The van der Waals surface area contributed by atoms with E-state index in [9.17, 15) is 4.79 Å². The van der Waals surface area contributed by atoms with Gasteiger partial charge in [-0.05, 0) is 29.8 Å². The number of carbonyl (C=O) groups excluding carboxylic acids is 1. The SMILES string of the molecule is CN(Cc1ccccc1)C(=O)c1ccccc1OC(c1cccnc1)c1cccnc1. The van der Waals surface area contributed by atoms with Crippen molar-refractivity contribution in [3.63, 3.8) is 0 Å². The van der Waals surface area contributed by atoms with Crippen molar-refractivity contribution >= 4 is 5.91 Å². The van der Waals surface area contributed by atoms with Gasteiger partial charge in [0, 0.05) is 49.5 Å². The van der Waals surface area contributed by atoms with Gasteiger partial charge < -0.3 is 9.64 Å². The van der Waals surface area contributed by atoms with Crippen molar-refractivity contribution < 1.29 is 9.53 Å². The molecule has 0 saturated carbocycles. The van der Waals surface area contributed by atoms with Gasteiger partial charge in [-0.25, -0.2) is 0 Å². The van der Waals surface area contributed by atoms with E-state index >= 15 is 0 Å². The van der Waals surface area contributed by atoms with E-state index in [0.29, 0.717) is 17.9 Å². The summed E-state index contributed by atoms with van der Waals surface area (Å²) in [6.45, 7) is 0.517. The fraction of sp³-hybridized carbons (Fsp3) is 0.115. The number of aromatic nitrogens is 2. The number of amides is 1. The molecular formula is C26H23N3O2. The number of rotatable bonds is 7. The average molecular weight is 409 g/mol. The zero-order valence-electron chi connectivity index (χ0n) is 17.3. The third kappa shape index (κ3) is 4.95. The first-order valence-corrected chi connectivity index (χ1v) is 10.1. The summed E-state index contributed by atoms with van der Waals surface area (Å²) in [6, 6.07) is 24.9. The minimum absolute atomic E-state index is 0.101. The van der Waals surface area contributed by atoms with Crippen LogP contribution in [-0.2, 0) is 6.54 Å². The summed E-state index contributed by atoms with van der Waals surface area (Å²) in [5, 5.41) is 0. The minimum atomic E-state index is -0.434. The molecule has 0 spiro atoms. The third-order valence-electron chi connectivity index (χ3n) is 4.95. The Labute approximate surface area is 182 Å². The summed E-state index contributed by atoms with van der Waals surface area (Å²) < 4.78 is 6.41. The highest BCUT2D eigenvalue weighted by atomic mass is 16.5. The molecule has 31 heavy (non-hydrogen) atoms. The Morgan fingerprint density at radius 2 is 1.45 bits per heavy atom. The van der Waals surface area contributed by atoms with Gasteiger partial charge in [-0.3, -0.25) is 14.8 Å². The number of hydrogen-bond acceptors (Lipinski definition) is 4. The van der Waals surface area contributed by atoms with Gasteiger partial charge in [-0.15, -0.1) is 0 Å². The number of carbonyl (C=O) groups is 1. The van der Waals surface area contributed by atoms with E-state index < -0.39 is 6.10 Å². The largest absolute Gasteiger partial charge is 0.480 e. The molecule has 0 radical (unpaired) electrons. The Morgan fingerprint density at radius 1 is 0.839 bits per heavy atom. The lowest BCUT2D eigenvalue weighted by Gasteiger charge is -2.23. The zero-order valence-corrected chi connectivity index (χ0v) is 17.3. The van der Waals surface area contributed by atoms with Gasteiger partial charge in [-0.1, -0.05) is 54.6 Å². The molecule has 0 bridgehead atoms. The van der Waals surface area contributed by atoms with Crippen LogP contribution >= 0.6 is 0 Å². The lowest BCUT2D eigenvalue weighted by atomic mass is 10.0. The predicted molar refractivity (Wildman–Crippen MR) is 120 cm³/mol. The fourth-order valence-corrected chi connectivity index (χ4v) is 3.40. The van der Waals surface area contributed by atoms with Gasteiger partial charge in [0.2, 0.25) is 0 Å². The first-order chi connectivity index (χ1) is 15.2. The molecule has 2 heterocycles. The van der Waals surface area contributed by atoms with Gasteiger partial charge in [0.05, 0.1) is 5.56 Å². The fourth-order valence-electron chi connectivity index (χ4n) is 3.40. The molecule has 5 nitrogen and oxygen atoms in total. The normalized spacial score (nSPS) is 10.6. The molecule has 0 N–H and O–H groups in total. The van der Waals surface area contributed by atoms with Crippen LogP contribution in [-0.4, -0.2) is 27.8 Å². The van der Waals surface area contributed by atoms with Crippen molar-refractivity contribution in [1.82, 2.24) is 14.9 Å². The highest BCUT2D eigenvalue weighted by molar-refractivity contribution is 5.96. The Morgan fingerprint density at radius 3 is 2.06 bits per heavy atom. The quantitative estimate of drug-likeness (QED) is 0.435. The number of para-hydroxylation sites is 1. The molecule has 0 atom stereocenters. The molecule has 0 aliphatic carbocycles. The molecule has 5 heteroatoms. The molecular weight excluding hydrogens is 386 g/mol. The van der Waals surface area contributed by atoms with Crippen LogP contribution in [0.15, 0.2) is 104 Å². The number of ether oxygens (including phenoxy) is 1. The van der Waals surface area contributed by atoms with Crippen LogP contribution in [0.1, 0.15) is 33.2 Å². The zero-order chi connectivity index (χ0) is 21.5. The number of benzene rings is 2. The van der Waals surface area contributed by atoms with Gasteiger partial charge in [0.15, 0.2) is 6.10 Å². The van der Waals surface area contributed by atoms with Crippen molar-refractivity contribution in [1.29, 1.82) is 0 Å². The van der Waals surface area contributed by atoms with E-state index in [-0.39, 0.29) is 5.91 Å². The van der Waals surface area contributed by atoms with E-state index in [1.165, 1.54) is 0 Å². The third-order valence-corrected chi connectivity index (χ3v) is 4.95. The maximum Gasteiger partial charge on any atom is 0.257 e. The summed E-state index contributed by atoms with van der Waals surface area (Å²) in [5.74, 6) is 0.417. The van der Waals surface area contributed by atoms with Crippen LogP contribution in [0.25, 0.3) is 0 Å². The van der Waals surface area contributed by atoms with Crippen molar-refractivity contribution in [3.05, 3.63) is 126 Å². The van der Waals surface area contributed by atoms with Crippen molar-refractivity contribution in [2.75, 3.05) is 7.05 Å². The van der Waals surface area contributed by atoms with E-state index in [1.807, 2.05) is 72.8 Å². The van der Waals surface area contributed by atoms with Crippen LogP contribution in [0.4, 0.5) is 0 Å². The highest BCUT2D eigenvalue weighted by Crippen LogP contribution is 2.30. The summed E-state index contributed by atoms with van der Waals surface area (Å²) in [6.07, 6.45) is 6.54. The van der Waals surface area contributed by atoms with Gasteiger partial charge in [0.1, 0.15) is 5.75 Å². The van der Waals surface area contributed by atoms with Crippen molar-refractivity contribution in [3.8, 4) is 5.75 Å². The molecule has 0 aliphatic rings. The topological polar surface area (TPSA) is 55.3 Å². The monoisotopic (exact) mass is 409 g/mol. The molecule has 2 aromatic heterocycles. The highest BCUT2D eigenvalue weighted by Gasteiger charge is 2.22. The Bertz CT molecular complexity index is 1080. The number of pyridine rings is 2. The Hall–Kier alpha value is -3.99. The van der Waals surface area contributed by atoms with Crippen LogP contribution in [0.5, 0.6) is 5.75 Å². The van der Waals surface area contributed by atoms with Crippen LogP contribution in [0, 0.1) is 0 Å². The second-order valence-corrected chi connectivity index (χ2v) is 7.21. The molecule has 0 aliphatic heterocycles. The molecule has 4 aromatic rings. The van der Waals surface area contributed by atoms with Crippen LogP contribution < -0.4 is 4.74 Å². The second-order valence-electron chi connectivity index (χ2n) is 7.21. The lowest BCUT2D eigenvalue weighted by Crippen LogP contribution is -2.27. The van der Waals surface area contributed by atoms with Crippen LogP contribution in [0.3, 0.4) is 0 Å². The maximum absolute atomic E-state index is 13.2. The van der Waals surface area contributed by atoms with E-state index in [2.05, 4.69) is 9.97 Å². The molecule has 1 amide bonds. The number of nitrogens with zero attached hydrogens (tertiary/aromatic N) is 3. The number of hydrogen-bond donors (Lipinski definition) is 0. The maximum atomic E-state index is 13.2. The minimum Gasteiger partial charge on any atom is -0.480 e. The first-order valence-electron chi connectivity index (χ1n) is 10.1. The summed E-state index contributed by atoms with van der Waals surface area (Å²) in [5.41, 5.74) is 3.35. The summed E-state index contributed by atoms with van der Waals surface area (Å²) in [7, 11) is 1.80. The van der Waals surface area contributed by atoms with Crippen LogP contribution in [0.2, 0.25) is 0 Å². The Balaban J connectivity index is 1.63. The average Bonchev–Trinajstić information content (AvgIpc) is 2.84. The standard InChI is InChI=1S/C26H23N3O2/c1-29(19-20-9-3-2-4-10-20)26(30)23-13-5-6-14-24(23)31-25(21-11-7-15-27-17-21)22-12-8-16-28-18-22/h2-18,25H,19H2,1H3. The second kappa shape index (κ2) is 9.67. The van der Waals surface area contributed by atoms with Gasteiger partial charge >= 0.3 is 0 Å². The predicted octanol–water partition coefficient (Wildman–Crippen LogP) is 4.92. The smallest absolute Gasteiger partial charge is 0.257 e. The lowest BCUT2D eigenvalue weighted by molar-refractivity contribution is 0.0778. The van der Waals surface area contributed by atoms with E-state index in [0.717, 1.165) is 16.7 Å². The first kappa shape index (κ1) is 20.3. The van der Waals surface area contributed by atoms with Gasteiger partial charge in [-0.2, -0.15) is 0 Å².